The average Bonchev–Trinajstić information content (AvgIpc) is 2.68. The molecule has 1 saturated heterocycles. The van der Waals surface area contributed by atoms with Gasteiger partial charge in [0.25, 0.3) is 0 Å². The van der Waals surface area contributed by atoms with Gasteiger partial charge in [0.15, 0.2) is 0 Å². The zero-order chi connectivity index (χ0) is 17.9. The molecule has 26 heavy (non-hydrogen) atoms. The lowest BCUT2D eigenvalue weighted by Gasteiger charge is -2.36. The van der Waals surface area contributed by atoms with Crippen molar-refractivity contribution in [3.05, 3.63) is 72.3 Å². The molecule has 4 nitrogen and oxygen atoms in total. The Labute approximate surface area is 153 Å². The number of phenols is 1. The van der Waals surface area contributed by atoms with Crippen molar-refractivity contribution >= 4 is 22.4 Å². The second kappa shape index (κ2) is 7.08. The van der Waals surface area contributed by atoms with E-state index in [1.165, 1.54) is 10.8 Å². The first kappa shape index (κ1) is 16.5. The van der Waals surface area contributed by atoms with Gasteiger partial charge in [-0.1, -0.05) is 42.5 Å². The molecule has 3 aromatic carbocycles. The predicted molar refractivity (Wildman–Crippen MR) is 105 cm³/mol. The fourth-order valence-corrected chi connectivity index (χ4v) is 3.51. The molecule has 1 N–H and O–H groups in total. The zero-order valence-corrected chi connectivity index (χ0v) is 14.6. The number of aromatic hydroxyl groups is 1. The van der Waals surface area contributed by atoms with Crippen molar-refractivity contribution in [1.29, 1.82) is 0 Å². The lowest BCUT2D eigenvalue weighted by Crippen LogP contribution is -2.49. The fourth-order valence-electron chi connectivity index (χ4n) is 3.51. The van der Waals surface area contributed by atoms with Gasteiger partial charge in [-0.25, -0.2) is 0 Å². The number of nitrogens with zero attached hydrogens (tertiary/aromatic N) is 2. The minimum atomic E-state index is 0.186. The third-order valence-electron chi connectivity index (χ3n) is 5.02. The molecule has 132 valence electrons. The summed E-state index contributed by atoms with van der Waals surface area (Å²) in [5.41, 5.74) is 2.15. The maximum absolute atomic E-state index is 12.7. The molecule has 3 aromatic rings. The molecule has 0 bridgehead atoms. The molecule has 1 heterocycles. The second-order valence-corrected chi connectivity index (χ2v) is 6.74. The smallest absolute Gasteiger partial charge is 0.227 e. The van der Waals surface area contributed by atoms with Crippen molar-refractivity contribution in [1.82, 2.24) is 4.90 Å². The minimum absolute atomic E-state index is 0.186. The molecule has 0 radical (unpaired) electrons. The summed E-state index contributed by atoms with van der Waals surface area (Å²) in [5.74, 6) is 0.462. The molecule has 1 amide bonds. The van der Waals surface area contributed by atoms with Crippen LogP contribution in [0.15, 0.2) is 66.7 Å². The van der Waals surface area contributed by atoms with Crippen LogP contribution in [0.4, 0.5) is 5.69 Å². The van der Waals surface area contributed by atoms with Gasteiger partial charge < -0.3 is 14.9 Å². The average molecular weight is 346 g/mol. The van der Waals surface area contributed by atoms with Gasteiger partial charge in [-0.2, -0.15) is 0 Å². The number of hydrogen-bond acceptors (Lipinski definition) is 3. The first-order valence-corrected chi connectivity index (χ1v) is 8.98. The number of phenolic OH excluding ortho intramolecular Hbond substituents is 1. The van der Waals surface area contributed by atoms with E-state index in [0.29, 0.717) is 6.42 Å². The van der Waals surface area contributed by atoms with Crippen molar-refractivity contribution in [2.45, 2.75) is 6.42 Å². The van der Waals surface area contributed by atoms with Gasteiger partial charge in [0, 0.05) is 31.9 Å². The number of piperazine rings is 1. The Bertz CT molecular complexity index is 913. The van der Waals surface area contributed by atoms with Gasteiger partial charge in [0.1, 0.15) is 5.75 Å². The lowest BCUT2D eigenvalue weighted by molar-refractivity contribution is -0.130. The molecule has 4 heteroatoms. The van der Waals surface area contributed by atoms with Crippen LogP contribution in [-0.2, 0) is 11.2 Å². The van der Waals surface area contributed by atoms with Gasteiger partial charge in [0.05, 0.1) is 6.42 Å². The number of fused-ring (bicyclic) bond motifs is 1. The quantitative estimate of drug-likeness (QED) is 0.790. The highest BCUT2D eigenvalue weighted by atomic mass is 16.3. The maximum atomic E-state index is 12.7. The standard InChI is InChI=1S/C22H22N2O2/c25-21-9-7-20(8-10-21)23-11-13-24(14-12-23)22(26)16-17-5-6-18-3-1-2-4-19(18)15-17/h1-10,15,25H,11-14,16H2. The highest BCUT2D eigenvalue weighted by molar-refractivity contribution is 5.85. The van der Waals surface area contributed by atoms with Crippen molar-refractivity contribution in [2.75, 3.05) is 31.1 Å². The van der Waals surface area contributed by atoms with Crippen LogP contribution in [-0.4, -0.2) is 42.1 Å². The molecule has 1 aliphatic rings. The van der Waals surface area contributed by atoms with Crippen LogP contribution >= 0.6 is 0 Å². The monoisotopic (exact) mass is 346 g/mol. The largest absolute Gasteiger partial charge is 0.508 e. The molecule has 4 rings (SSSR count). The third kappa shape index (κ3) is 3.49. The Morgan fingerprint density at radius 2 is 1.54 bits per heavy atom. The van der Waals surface area contributed by atoms with Gasteiger partial charge in [0.2, 0.25) is 5.91 Å². The molecular weight excluding hydrogens is 324 g/mol. The molecule has 0 atom stereocenters. The summed E-state index contributed by atoms with van der Waals surface area (Å²) in [6, 6.07) is 21.7. The number of anilines is 1. The fraction of sp³-hybridized carbons (Fsp3) is 0.227. The Balaban J connectivity index is 1.37. The molecule has 1 aliphatic heterocycles. The van der Waals surface area contributed by atoms with Crippen LogP contribution in [0.3, 0.4) is 0 Å². The van der Waals surface area contributed by atoms with Gasteiger partial charge >= 0.3 is 0 Å². The SMILES string of the molecule is O=C(Cc1ccc2ccccc2c1)N1CCN(c2ccc(O)cc2)CC1. The number of amides is 1. The number of rotatable bonds is 3. The van der Waals surface area contributed by atoms with Crippen LogP contribution in [0, 0.1) is 0 Å². The van der Waals surface area contributed by atoms with E-state index >= 15 is 0 Å². The number of hydrogen-bond donors (Lipinski definition) is 1. The Morgan fingerprint density at radius 1 is 0.846 bits per heavy atom. The normalized spacial score (nSPS) is 14.6. The molecule has 0 spiro atoms. The minimum Gasteiger partial charge on any atom is -0.508 e. The highest BCUT2D eigenvalue weighted by Crippen LogP contribution is 2.21. The summed E-state index contributed by atoms with van der Waals surface area (Å²) in [6.07, 6.45) is 0.448. The third-order valence-corrected chi connectivity index (χ3v) is 5.02. The van der Waals surface area contributed by atoms with E-state index in [9.17, 15) is 9.90 Å². The van der Waals surface area contributed by atoms with E-state index in [2.05, 4.69) is 29.2 Å². The van der Waals surface area contributed by atoms with Crippen molar-refractivity contribution in [3.63, 3.8) is 0 Å². The van der Waals surface area contributed by atoms with Crippen molar-refractivity contribution in [3.8, 4) is 5.75 Å². The summed E-state index contributed by atoms with van der Waals surface area (Å²) in [5, 5.41) is 11.8. The van der Waals surface area contributed by atoms with E-state index < -0.39 is 0 Å². The van der Waals surface area contributed by atoms with Crippen LogP contribution in [0.5, 0.6) is 5.75 Å². The maximum Gasteiger partial charge on any atom is 0.227 e. The molecule has 0 aromatic heterocycles. The van der Waals surface area contributed by atoms with Crippen molar-refractivity contribution < 1.29 is 9.90 Å². The number of benzene rings is 3. The van der Waals surface area contributed by atoms with Crippen LogP contribution in [0.25, 0.3) is 10.8 Å². The summed E-state index contributed by atoms with van der Waals surface area (Å²) in [6.45, 7) is 3.09. The van der Waals surface area contributed by atoms with E-state index in [1.807, 2.05) is 35.2 Å². The summed E-state index contributed by atoms with van der Waals surface area (Å²) in [4.78, 5) is 16.9. The molecular formula is C22H22N2O2. The van der Waals surface area contributed by atoms with Crippen LogP contribution in [0.2, 0.25) is 0 Å². The summed E-state index contributed by atoms with van der Waals surface area (Å²) < 4.78 is 0. The topological polar surface area (TPSA) is 43.8 Å². The van der Waals surface area contributed by atoms with Gasteiger partial charge in [-0.05, 0) is 40.6 Å². The Morgan fingerprint density at radius 3 is 2.27 bits per heavy atom. The molecule has 0 aliphatic carbocycles. The Kier molecular flexibility index (Phi) is 4.48. The lowest BCUT2D eigenvalue weighted by atomic mass is 10.0. The molecule has 0 saturated carbocycles. The second-order valence-electron chi connectivity index (χ2n) is 6.74. The van der Waals surface area contributed by atoms with Crippen molar-refractivity contribution in [2.24, 2.45) is 0 Å². The van der Waals surface area contributed by atoms with E-state index in [-0.39, 0.29) is 11.7 Å². The molecule has 0 unspecified atom stereocenters. The Hall–Kier alpha value is -3.01. The van der Waals surface area contributed by atoms with E-state index in [0.717, 1.165) is 37.4 Å². The van der Waals surface area contributed by atoms with Gasteiger partial charge in [-0.15, -0.1) is 0 Å². The van der Waals surface area contributed by atoms with Crippen LogP contribution < -0.4 is 4.90 Å². The highest BCUT2D eigenvalue weighted by Gasteiger charge is 2.21. The summed E-state index contributed by atoms with van der Waals surface area (Å²) in [7, 11) is 0. The van der Waals surface area contributed by atoms with Gasteiger partial charge in [-0.3, -0.25) is 4.79 Å². The summed E-state index contributed by atoms with van der Waals surface area (Å²) >= 11 is 0. The number of carbonyl (C=O) groups is 1. The first-order valence-electron chi connectivity index (χ1n) is 8.98. The molecule has 1 fully saturated rings. The van der Waals surface area contributed by atoms with E-state index in [1.54, 1.807) is 12.1 Å². The number of carbonyl (C=O) groups excluding carboxylic acids is 1. The van der Waals surface area contributed by atoms with E-state index in [4.69, 9.17) is 0 Å². The first-order chi connectivity index (χ1) is 12.7. The predicted octanol–water partition coefficient (Wildman–Crippen LogP) is 3.44. The van der Waals surface area contributed by atoms with Crippen LogP contribution in [0.1, 0.15) is 5.56 Å². The zero-order valence-electron chi connectivity index (χ0n) is 14.6.